The second kappa shape index (κ2) is 4.44. The van der Waals surface area contributed by atoms with Crippen LogP contribution in [-0.2, 0) is 5.41 Å². The number of hydrogen-bond donors (Lipinski definition) is 0. The van der Waals surface area contributed by atoms with Gasteiger partial charge in [-0.25, -0.2) is 0 Å². The van der Waals surface area contributed by atoms with Crippen LogP contribution < -0.4 is 0 Å². The van der Waals surface area contributed by atoms with Gasteiger partial charge < -0.3 is 0 Å². The zero-order chi connectivity index (χ0) is 10.8. The van der Waals surface area contributed by atoms with Crippen molar-refractivity contribution in [3.8, 4) is 0 Å². The third kappa shape index (κ3) is 3.82. The third-order valence-electron chi connectivity index (χ3n) is 2.20. The minimum atomic E-state index is -2.56. The van der Waals surface area contributed by atoms with Crippen LogP contribution in [0.25, 0.3) is 0 Å². The molecule has 1 aromatic carbocycles. The Balaban J connectivity index is 2.86. The first-order valence-corrected chi connectivity index (χ1v) is 9.68. The van der Waals surface area contributed by atoms with Crippen molar-refractivity contribution in [3.05, 3.63) is 35.9 Å². The minimum absolute atomic E-state index is 0.0568. The van der Waals surface area contributed by atoms with Crippen LogP contribution >= 0.6 is 33.2 Å². The number of halogens is 3. The van der Waals surface area contributed by atoms with E-state index in [-0.39, 0.29) is 5.41 Å². The van der Waals surface area contributed by atoms with Crippen LogP contribution in [0.4, 0.5) is 0 Å². The normalized spacial score (nSPS) is 12.9. The highest BCUT2D eigenvalue weighted by Crippen LogP contribution is 2.38. The minimum Gasteiger partial charge on any atom is -0.126 e. The maximum atomic E-state index is 5.94. The average molecular weight is 268 g/mol. The van der Waals surface area contributed by atoms with E-state index in [4.69, 9.17) is 33.2 Å². The van der Waals surface area contributed by atoms with Gasteiger partial charge in [-0.15, -0.1) is 33.2 Å². The lowest BCUT2D eigenvalue weighted by atomic mass is 9.87. The number of hydrogen-bond acceptors (Lipinski definition) is 0. The van der Waals surface area contributed by atoms with E-state index in [1.807, 2.05) is 18.2 Å². The van der Waals surface area contributed by atoms with E-state index in [9.17, 15) is 0 Å². The van der Waals surface area contributed by atoms with E-state index in [2.05, 4.69) is 26.0 Å². The van der Waals surface area contributed by atoms with Gasteiger partial charge >= 0.3 is 6.00 Å². The summed E-state index contributed by atoms with van der Waals surface area (Å²) >= 11 is 17.8. The van der Waals surface area contributed by atoms with Gasteiger partial charge in [0.2, 0.25) is 0 Å². The van der Waals surface area contributed by atoms with E-state index < -0.39 is 6.00 Å². The van der Waals surface area contributed by atoms with Crippen molar-refractivity contribution < 1.29 is 0 Å². The molecule has 0 aliphatic rings. The SMILES string of the molecule is CC(C)(C[Si](Cl)(Cl)Cl)c1ccccc1. The molecule has 1 rings (SSSR count). The predicted octanol–water partition coefficient (Wildman–Crippen LogP) is 4.62. The Morgan fingerprint density at radius 2 is 1.57 bits per heavy atom. The summed E-state index contributed by atoms with van der Waals surface area (Å²) in [5.74, 6) is 0. The fourth-order valence-electron chi connectivity index (χ4n) is 1.49. The average Bonchev–Trinajstić information content (AvgIpc) is 2.01. The lowest BCUT2D eigenvalue weighted by Crippen LogP contribution is -2.26. The lowest BCUT2D eigenvalue weighted by molar-refractivity contribution is 0.586. The van der Waals surface area contributed by atoms with Crippen LogP contribution in [0.1, 0.15) is 19.4 Å². The molecule has 0 spiro atoms. The maximum Gasteiger partial charge on any atom is 0.342 e. The van der Waals surface area contributed by atoms with E-state index >= 15 is 0 Å². The molecule has 0 nitrogen and oxygen atoms in total. The summed E-state index contributed by atoms with van der Waals surface area (Å²) in [7, 11) is 0. The quantitative estimate of drug-likeness (QED) is 0.554. The van der Waals surface area contributed by atoms with Crippen LogP contribution in [-0.4, -0.2) is 6.00 Å². The molecule has 0 heterocycles. The van der Waals surface area contributed by atoms with Gasteiger partial charge in [0, 0.05) is 0 Å². The Morgan fingerprint density at radius 1 is 1.07 bits per heavy atom. The molecular weight excluding hydrogens is 255 g/mol. The molecule has 0 saturated carbocycles. The van der Waals surface area contributed by atoms with Gasteiger partial charge in [-0.1, -0.05) is 44.2 Å². The lowest BCUT2D eigenvalue weighted by Gasteiger charge is -2.27. The second-order valence-electron chi connectivity index (χ2n) is 4.04. The Hall–Kier alpha value is 0.307. The van der Waals surface area contributed by atoms with Crippen molar-refractivity contribution in [2.45, 2.75) is 25.3 Å². The van der Waals surface area contributed by atoms with Crippen LogP contribution in [0.2, 0.25) is 6.04 Å². The van der Waals surface area contributed by atoms with E-state index in [0.717, 1.165) is 0 Å². The Morgan fingerprint density at radius 3 is 2.00 bits per heavy atom. The molecular formula is C10H13Cl3Si. The molecule has 0 atom stereocenters. The Bertz CT molecular complexity index is 290. The number of benzene rings is 1. The molecule has 0 N–H and O–H groups in total. The van der Waals surface area contributed by atoms with Gasteiger partial charge in [0.05, 0.1) is 0 Å². The zero-order valence-electron chi connectivity index (χ0n) is 8.23. The van der Waals surface area contributed by atoms with Gasteiger partial charge in [0.25, 0.3) is 0 Å². The van der Waals surface area contributed by atoms with E-state index in [1.165, 1.54) is 5.56 Å². The second-order valence-corrected chi connectivity index (χ2v) is 13.2. The van der Waals surface area contributed by atoms with E-state index in [0.29, 0.717) is 6.04 Å². The molecule has 1 aromatic rings. The van der Waals surface area contributed by atoms with Gasteiger partial charge in [0.15, 0.2) is 0 Å². The molecule has 0 aliphatic heterocycles. The van der Waals surface area contributed by atoms with Crippen LogP contribution in [0.15, 0.2) is 30.3 Å². The van der Waals surface area contributed by atoms with Crippen LogP contribution in [0.5, 0.6) is 0 Å². The summed E-state index contributed by atoms with van der Waals surface area (Å²) in [5.41, 5.74) is 1.16. The van der Waals surface area contributed by atoms with Gasteiger partial charge in [0.1, 0.15) is 0 Å². The summed E-state index contributed by atoms with van der Waals surface area (Å²) < 4.78 is 0. The molecule has 14 heavy (non-hydrogen) atoms. The molecule has 0 radical (unpaired) electrons. The smallest absolute Gasteiger partial charge is 0.126 e. The molecule has 0 unspecified atom stereocenters. The number of rotatable bonds is 3. The first-order valence-electron chi connectivity index (χ1n) is 4.43. The van der Waals surface area contributed by atoms with Crippen LogP contribution in [0, 0.1) is 0 Å². The first kappa shape index (κ1) is 12.4. The molecule has 0 saturated heterocycles. The molecule has 0 fully saturated rings. The third-order valence-corrected chi connectivity index (χ3v) is 4.69. The topological polar surface area (TPSA) is 0 Å². The summed E-state index contributed by atoms with van der Waals surface area (Å²) in [6.45, 7) is 4.22. The summed E-state index contributed by atoms with van der Waals surface area (Å²) in [4.78, 5) is 0. The maximum absolute atomic E-state index is 5.94. The predicted molar refractivity (Wildman–Crippen MR) is 67.6 cm³/mol. The largest absolute Gasteiger partial charge is 0.342 e. The highest BCUT2D eigenvalue weighted by atomic mass is 35.8. The molecule has 4 heteroatoms. The monoisotopic (exact) mass is 266 g/mol. The summed E-state index contributed by atoms with van der Waals surface area (Å²) in [6.07, 6.45) is 0. The Kier molecular flexibility index (Phi) is 3.92. The van der Waals surface area contributed by atoms with Crippen LogP contribution in [0.3, 0.4) is 0 Å². The highest BCUT2D eigenvalue weighted by molar-refractivity contribution is 7.64. The zero-order valence-corrected chi connectivity index (χ0v) is 11.5. The van der Waals surface area contributed by atoms with Gasteiger partial charge in [-0.05, 0) is 17.0 Å². The molecule has 78 valence electrons. The molecule has 0 amide bonds. The van der Waals surface area contributed by atoms with E-state index in [1.54, 1.807) is 0 Å². The van der Waals surface area contributed by atoms with Gasteiger partial charge in [-0.2, -0.15) is 0 Å². The molecule has 0 bridgehead atoms. The highest BCUT2D eigenvalue weighted by Gasteiger charge is 2.35. The molecule has 0 aromatic heterocycles. The van der Waals surface area contributed by atoms with Crippen molar-refractivity contribution in [1.29, 1.82) is 0 Å². The Labute approximate surface area is 100 Å². The van der Waals surface area contributed by atoms with Crippen molar-refractivity contribution in [3.63, 3.8) is 0 Å². The van der Waals surface area contributed by atoms with Gasteiger partial charge in [-0.3, -0.25) is 0 Å². The fraction of sp³-hybridized carbons (Fsp3) is 0.400. The standard InChI is InChI=1S/C10H13Cl3Si/c1-10(2,8-14(11,12)13)9-6-4-3-5-7-9/h3-7H,8H2,1-2H3. The molecule has 0 aliphatic carbocycles. The summed E-state index contributed by atoms with van der Waals surface area (Å²) in [5, 5.41) is 0. The summed E-state index contributed by atoms with van der Waals surface area (Å²) in [6, 6.07) is 8.25. The van der Waals surface area contributed by atoms with Crippen molar-refractivity contribution in [1.82, 2.24) is 0 Å². The van der Waals surface area contributed by atoms with Crippen molar-refractivity contribution >= 4 is 39.2 Å². The first-order chi connectivity index (χ1) is 6.31. The fourth-order valence-corrected chi connectivity index (χ4v) is 5.71. The van der Waals surface area contributed by atoms with Crippen molar-refractivity contribution in [2.75, 3.05) is 0 Å². The van der Waals surface area contributed by atoms with Crippen molar-refractivity contribution in [2.24, 2.45) is 0 Å².